The molecule has 1 atom stereocenters. The second kappa shape index (κ2) is 10.2. The molecule has 11 nitrogen and oxygen atoms in total. The fraction of sp³-hybridized carbons (Fsp3) is 0.143. The maximum absolute atomic E-state index is 12.7. The number of carbonyl (C=O) groups excluding carboxylic acids is 2. The van der Waals surface area contributed by atoms with Gasteiger partial charge in [-0.25, -0.2) is 4.98 Å². The van der Waals surface area contributed by atoms with Crippen molar-refractivity contribution >= 4 is 34.4 Å². The van der Waals surface area contributed by atoms with E-state index >= 15 is 0 Å². The average molecular weight is 527 g/mol. The number of rotatable bonds is 6. The zero-order chi connectivity index (χ0) is 27.7. The van der Waals surface area contributed by atoms with E-state index in [1.807, 2.05) is 54.6 Å². The molecular weight excluding hydrogens is 504 g/mol. The van der Waals surface area contributed by atoms with E-state index in [0.29, 0.717) is 16.8 Å². The van der Waals surface area contributed by atoms with E-state index in [9.17, 15) is 19.7 Å². The minimum Gasteiger partial charge on any atom is -0.493 e. The molecule has 1 aliphatic heterocycles. The minimum absolute atomic E-state index is 0.0202. The number of amides is 1. The van der Waals surface area contributed by atoms with E-state index in [-0.39, 0.29) is 28.6 Å². The summed E-state index contributed by atoms with van der Waals surface area (Å²) in [5, 5.41) is 17.9. The summed E-state index contributed by atoms with van der Waals surface area (Å²) in [6.45, 7) is 2.46. The van der Waals surface area contributed by atoms with Crippen molar-refractivity contribution in [2.45, 2.75) is 20.1 Å². The van der Waals surface area contributed by atoms with Crippen molar-refractivity contribution in [1.82, 2.24) is 9.99 Å². The molecule has 5 rings (SSSR count). The van der Waals surface area contributed by atoms with Crippen molar-refractivity contribution in [3.63, 3.8) is 0 Å². The van der Waals surface area contributed by atoms with Crippen LogP contribution in [0.4, 0.5) is 5.69 Å². The van der Waals surface area contributed by atoms with Crippen LogP contribution < -0.4 is 9.47 Å². The first-order valence-corrected chi connectivity index (χ1v) is 11.8. The summed E-state index contributed by atoms with van der Waals surface area (Å²) >= 11 is 0. The van der Waals surface area contributed by atoms with E-state index in [1.54, 1.807) is 6.07 Å². The predicted octanol–water partition coefficient (Wildman–Crippen LogP) is 4.98. The van der Waals surface area contributed by atoms with Crippen LogP contribution in [-0.4, -0.2) is 39.8 Å². The highest BCUT2D eigenvalue weighted by Gasteiger charge is 2.38. The lowest BCUT2D eigenvalue weighted by Crippen LogP contribution is -2.26. The van der Waals surface area contributed by atoms with Crippen LogP contribution in [0.1, 0.15) is 31.2 Å². The second-order valence-corrected chi connectivity index (χ2v) is 8.59. The van der Waals surface area contributed by atoms with Crippen molar-refractivity contribution in [3.8, 4) is 22.8 Å². The number of esters is 1. The van der Waals surface area contributed by atoms with E-state index in [2.05, 4.69) is 5.10 Å². The number of nitro benzene ring substituents is 1. The third-order valence-electron chi connectivity index (χ3n) is 5.99. The lowest BCUT2D eigenvalue weighted by Gasteiger charge is -2.22. The van der Waals surface area contributed by atoms with E-state index in [0.717, 1.165) is 22.0 Å². The van der Waals surface area contributed by atoms with Crippen molar-refractivity contribution in [3.05, 3.63) is 94.0 Å². The molecule has 1 aromatic heterocycles. The number of non-ortho nitro benzene ring substituents is 1. The van der Waals surface area contributed by atoms with Crippen LogP contribution in [0.2, 0.25) is 0 Å². The fourth-order valence-corrected chi connectivity index (χ4v) is 4.29. The summed E-state index contributed by atoms with van der Waals surface area (Å²) in [5.74, 6) is -1.30. The molecule has 0 saturated heterocycles. The first-order valence-electron chi connectivity index (χ1n) is 11.8. The van der Waals surface area contributed by atoms with Crippen molar-refractivity contribution < 1.29 is 28.7 Å². The largest absolute Gasteiger partial charge is 0.493 e. The lowest BCUT2D eigenvalue weighted by molar-refractivity contribution is -0.385. The number of hydrogen-bond acceptors (Lipinski definition) is 9. The molecule has 39 heavy (non-hydrogen) atoms. The van der Waals surface area contributed by atoms with Gasteiger partial charge >= 0.3 is 5.97 Å². The quantitative estimate of drug-likeness (QED) is 0.149. The van der Waals surface area contributed by atoms with Gasteiger partial charge in [0.15, 0.2) is 11.5 Å². The highest BCUT2D eigenvalue weighted by molar-refractivity contribution is 6.08. The van der Waals surface area contributed by atoms with E-state index < -0.39 is 23.0 Å². The Labute approximate surface area is 222 Å². The molecule has 11 heteroatoms. The smallest absolute Gasteiger partial charge is 0.308 e. The van der Waals surface area contributed by atoms with E-state index in [4.69, 9.17) is 19.2 Å². The maximum Gasteiger partial charge on any atom is 0.308 e. The number of fused-ring (bicyclic) bond motifs is 1. The molecule has 0 saturated carbocycles. The van der Waals surface area contributed by atoms with Crippen LogP contribution >= 0.6 is 0 Å². The van der Waals surface area contributed by atoms with Gasteiger partial charge in [0, 0.05) is 36.4 Å². The van der Waals surface area contributed by atoms with E-state index in [1.165, 1.54) is 27.0 Å². The molecule has 0 aliphatic carbocycles. The average Bonchev–Trinajstić information content (AvgIpc) is 3.38. The Hall–Kier alpha value is -5.32. The molecule has 0 radical (unpaired) electrons. The van der Waals surface area contributed by atoms with Crippen molar-refractivity contribution in [1.29, 1.82) is 0 Å². The summed E-state index contributed by atoms with van der Waals surface area (Å²) in [7, 11) is 1.28. The Morgan fingerprint density at radius 2 is 1.74 bits per heavy atom. The number of aromatic nitrogens is 1. The Morgan fingerprint density at radius 1 is 1.03 bits per heavy atom. The molecule has 196 valence electrons. The van der Waals surface area contributed by atoms with Gasteiger partial charge in [0.05, 0.1) is 34.9 Å². The van der Waals surface area contributed by atoms with Gasteiger partial charge in [-0.1, -0.05) is 48.5 Å². The van der Waals surface area contributed by atoms with Gasteiger partial charge in [0.1, 0.15) is 0 Å². The Balaban J connectivity index is 1.68. The standard InChI is InChI=1S/C28H22N4O7/c1-16(33)31-28(22-13-19(32(35)36)14-25(37-3)26(22)38-17(2)34)39-27(30-31)21-15-24(18-9-5-4-6-10-18)29-23-12-8-7-11-20(21)23/h4-15,28H,1-3H3/t28-/m1/s1. The molecule has 3 aromatic carbocycles. The summed E-state index contributed by atoms with van der Waals surface area (Å²) in [6, 6.07) is 21.0. The number of benzene rings is 3. The highest BCUT2D eigenvalue weighted by Crippen LogP contribution is 2.44. The van der Waals surface area contributed by atoms with Crippen LogP contribution in [0.5, 0.6) is 11.5 Å². The van der Waals surface area contributed by atoms with Crippen LogP contribution in [0.3, 0.4) is 0 Å². The molecular formula is C28H22N4O7. The first-order chi connectivity index (χ1) is 18.8. The number of nitrogens with zero attached hydrogens (tertiary/aromatic N) is 4. The number of nitro groups is 1. The zero-order valence-electron chi connectivity index (χ0n) is 21.2. The molecule has 0 unspecified atom stereocenters. The zero-order valence-corrected chi connectivity index (χ0v) is 21.2. The minimum atomic E-state index is -1.28. The van der Waals surface area contributed by atoms with Crippen LogP contribution in [0, 0.1) is 10.1 Å². The normalized spacial score (nSPS) is 14.5. The third-order valence-corrected chi connectivity index (χ3v) is 5.99. The number of ether oxygens (including phenoxy) is 3. The summed E-state index contributed by atoms with van der Waals surface area (Å²) in [4.78, 5) is 40.5. The maximum atomic E-state index is 12.7. The van der Waals surface area contributed by atoms with Gasteiger partial charge in [-0.2, -0.15) is 5.01 Å². The second-order valence-electron chi connectivity index (χ2n) is 8.59. The summed E-state index contributed by atoms with van der Waals surface area (Å²) < 4.78 is 16.9. The summed E-state index contributed by atoms with van der Waals surface area (Å²) in [5.41, 5.74) is 2.43. The molecule has 2 heterocycles. The molecule has 0 bridgehead atoms. The topological polar surface area (TPSA) is 133 Å². The van der Waals surface area contributed by atoms with Gasteiger partial charge in [-0.15, -0.1) is 5.10 Å². The summed E-state index contributed by atoms with van der Waals surface area (Å²) in [6.07, 6.45) is -1.28. The highest BCUT2D eigenvalue weighted by atomic mass is 16.6. The predicted molar refractivity (Wildman–Crippen MR) is 141 cm³/mol. The monoisotopic (exact) mass is 526 g/mol. The molecule has 1 amide bonds. The van der Waals surface area contributed by atoms with Gasteiger partial charge in [0.25, 0.3) is 5.69 Å². The SMILES string of the molecule is COc1cc([N+](=O)[O-])cc([C@H]2OC(c3cc(-c4ccccc4)nc4ccccc34)=NN2C(C)=O)c1OC(C)=O. The number of pyridine rings is 1. The van der Waals surface area contributed by atoms with Crippen molar-refractivity contribution in [2.24, 2.45) is 5.10 Å². The van der Waals surface area contributed by atoms with Gasteiger partial charge in [0.2, 0.25) is 18.0 Å². The molecule has 0 fully saturated rings. The molecule has 0 spiro atoms. The fourth-order valence-electron chi connectivity index (χ4n) is 4.29. The first kappa shape index (κ1) is 25.3. The number of methoxy groups -OCH3 is 1. The van der Waals surface area contributed by atoms with Crippen LogP contribution in [0.25, 0.3) is 22.2 Å². The van der Waals surface area contributed by atoms with Gasteiger partial charge in [-0.05, 0) is 12.1 Å². The molecule has 1 aliphatic rings. The Morgan fingerprint density at radius 3 is 2.41 bits per heavy atom. The molecule has 4 aromatic rings. The Kier molecular flexibility index (Phi) is 6.63. The number of hydrazone groups is 1. The lowest BCUT2D eigenvalue weighted by atomic mass is 10.0. The van der Waals surface area contributed by atoms with Gasteiger partial charge < -0.3 is 14.2 Å². The van der Waals surface area contributed by atoms with Crippen molar-refractivity contribution in [2.75, 3.05) is 7.11 Å². The number of hydrogen-bond donors (Lipinski definition) is 0. The van der Waals surface area contributed by atoms with Crippen LogP contribution in [-0.2, 0) is 14.3 Å². The Bertz CT molecular complexity index is 1650. The van der Waals surface area contributed by atoms with Crippen LogP contribution in [0.15, 0.2) is 77.9 Å². The third kappa shape index (κ3) is 4.85. The number of carbonyl (C=O) groups is 2. The van der Waals surface area contributed by atoms with Gasteiger partial charge in [-0.3, -0.25) is 19.7 Å². The number of para-hydroxylation sites is 1. The molecule has 0 N–H and O–H groups in total.